The molecule has 0 saturated heterocycles. The smallest absolute Gasteiger partial charge is 0.247 e. The fraction of sp³-hybridized carbons (Fsp3) is 0.389. The Hall–Kier alpha value is -4.08. The first-order valence-electron chi connectivity index (χ1n) is 14.9. The zero-order valence-corrected chi connectivity index (χ0v) is 25.3. The van der Waals surface area contributed by atoms with Gasteiger partial charge in [-0.25, -0.2) is 0 Å². The molecule has 0 aromatic heterocycles. The molecule has 42 heavy (non-hydrogen) atoms. The first-order chi connectivity index (χ1) is 20.3. The van der Waals surface area contributed by atoms with Crippen LogP contribution in [0.2, 0.25) is 0 Å². The van der Waals surface area contributed by atoms with E-state index in [1.165, 1.54) is 0 Å². The predicted molar refractivity (Wildman–Crippen MR) is 168 cm³/mol. The van der Waals surface area contributed by atoms with E-state index >= 15 is 0 Å². The Morgan fingerprint density at radius 2 is 1.67 bits per heavy atom. The number of hydrogen-bond donors (Lipinski definition) is 1. The summed E-state index contributed by atoms with van der Waals surface area (Å²) in [4.78, 5) is 32.1. The second-order valence-electron chi connectivity index (χ2n) is 11.4. The van der Waals surface area contributed by atoms with E-state index in [9.17, 15) is 9.59 Å². The maximum Gasteiger partial charge on any atom is 0.247 e. The maximum absolute atomic E-state index is 14.1. The van der Waals surface area contributed by atoms with Crippen LogP contribution in [0.25, 0.3) is 0 Å². The van der Waals surface area contributed by atoms with Crippen molar-refractivity contribution in [3.05, 3.63) is 101 Å². The van der Waals surface area contributed by atoms with Gasteiger partial charge in [-0.2, -0.15) is 0 Å². The van der Waals surface area contributed by atoms with Crippen molar-refractivity contribution >= 4 is 11.8 Å². The molecule has 2 unspecified atom stereocenters. The molecule has 1 aliphatic rings. The predicted octanol–water partition coefficient (Wildman–Crippen LogP) is 5.73. The normalized spacial score (nSPS) is 15.3. The highest BCUT2D eigenvalue weighted by Crippen LogP contribution is 2.35. The molecule has 1 aliphatic heterocycles. The minimum atomic E-state index is -0.750. The molecule has 0 fully saturated rings. The molecule has 1 N–H and O–H groups in total. The molecule has 0 radical (unpaired) electrons. The second kappa shape index (κ2) is 14.7. The zero-order valence-electron chi connectivity index (χ0n) is 25.3. The Balaban J connectivity index is 1.60. The molecule has 1 heterocycles. The fourth-order valence-electron chi connectivity index (χ4n) is 5.82. The van der Waals surface area contributed by atoms with Gasteiger partial charge in [0.1, 0.15) is 18.4 Å². The number of fused-ring (bicyclic) bond motifs is 1. The van der Waals surface area contributed by atoms with Gasteiger partial charge in [0.05, 0.1) is 5.92 Å². The average molecular weight is 566 g/mol. The number of nitrogens with zero attached hydrogens (tertiary/aromatic N) is 2. The van der Waals surface area contributed by atoms with E-state index in [1.54, 1.807) is 4.90 Å². The highest BCUT2D eigenvalue weighted by Gasteiger charge is 2.39. The molecule has 0 aliphatic carbocycles. The number of amides is 2. The lowest BCUT2D eigenvalue weighted by molar-refractivity contribution is -0.142. The Bertz CT molecular complexity index is 1360. The van der Waals surface area contributed by atoms with Crippen LogP contribution in [0.15, 0.2) is 78.9 Å². The number of nitrogens with one attached hydrogen (secondary N) is 1. The number of ether oxygens (including phenoxy) is 1. The van der Waals surface area contributed by atoms with Crippen LogP contribution in [0, 0.1) is 12.3 Å². The lowest BCUT2D eigenvalue weighted by Crippen LogP contribution is -2.50. The van der Waals surface area contributed by atoms with Gasteiger partial charge in [-0.15, -0.1) is 12.3 Å². The van der Waals surface area contributed by atoms with Crippen molar-refractivity contribution < 1.29 is 14.3 Å². The van der Waals surface area contributed by atoms with Crippen molar-refractivity contribution in [1.82, 2.24) is 15.1 Å². The summed E-state index contributed by atoms with van der Waals surface area (Å²) in [6.45, 7) is 10.7. The van der Waals surface area contributed by atoms with Crippen molar-refractivity contribution in [2.45, 2.75) is 71.2 Å². The SMILES string of the molecule is C#CCC(C(=O)N1CCc2cc(OCc3ccccc3)ccc2C1C(=O)NCCN(C(C)C)C(C)C)c1ccccc1. The number of benzene rings is 3. The molecule has 3 aromatic rings. The fourth-order valence-corrected chi connectivity index (χ4v) is 5.82. The van der Waals surface area contributed by atoms with Crippen LogP contribution >= 0.6 is 0 Å². The number of hydrogen-bond acceptors (Lipinski definition) is 4. The lowest BCUT2D eigenvalue weighted by atomic mass is 9.88. The molecule has 2 atom stereocenters. The summed E-state index contributed by atoms with van der Waals surface area (Å²) in [5.41, 5.74) is 3.79. The molecule has 3 aromatic carbocycles. The van der Waals surface area contributed by atoms with E-state index < -0.39 is 12.0 Å². The summed E-state index contributed by atoms with van der Waals surface area (Å²) in [5, 5.41) is 3.14. The largest absolute Gasteiger partial charge is 0.489 e. The molecule has 0 bridgehead atoms. The van der Waals surface area contributed by atoms with Crippen molar-refractivity contribution in [2.24, 2.45) is 0 Å². The molecule has 2 amide bonds. The summed E-state index contributed by atoms with van der Waals surface area (Å²) in [5.74, 6) is 2.61. The van der Waals surface area contributed by atoms with Crippen LogP contribution in [0.3, 0.4) is 0 Å². The molecule has 6 nitrogen and oxygen atoms in total. The van der Waals surface area contributed by atoms with Crippen molar-refractivity contribution in [2.75, 3.05) is 19.6 Å². The summed E-state index contributed by atoms with van der Waals surface area (Å²) in [6.07, 6.45) is 6.61. The topological polar surface area (TPSA) is 61.9 Å². The van der Waals surface area contributed by atoms with Gasteiger partial charge in [-0.05, 0) is 68.5 Å². The first kappa shape index (κ1) is 30.9. The van der Waals surface area contributed by atoms with Crippen molar-refractivity contribution in [3.8, 4) is 18.1 Å². The third-order valence-corrected chi connectivity index (χ3v) is 7.94. The molecular formula is C36H43N3O3. The van der Waals surface area contributed by atoms with Crippen molar-refractivity contribution in [3.63, 3.8) is 0 Å². The monoisotopic (exact) mass is 565 g/mol. The first-order valence-corrected chi connectivity index (χ1v) is 14.9. The average Bonchev–Trinajstić information content (AvgIpc) is 3.00. The minimum Gasteiger partial charge on any atom is -0.489 e. The van der Waals surface area contributed by atoms with Gasteiger partial charge in [0, 0.05) is 38.1 Å². The highest BCUT2D eigenvalue weighted by atomic mass is 16.5. The highest BCUT2D eigenvalue weighted by molar-refractivity contribution is 5.92. The van der Waals surface area contributed by atoms with Gasteiger partial charge in [0.25, 0.3) is 0 Å². The second-order valence-corrected chi connectivity index (χ2v) is 11.4. The summed E-state index contributed by atoms with van der Waals surface area (Å²) < 4.78 is 6.08. The molecule has 0 saturated carbocycles. The Morgan fingerprint density at radius 1 is 1.00 bits per heavy atom. The molecule has 6 heteroatoms. The minimum absolute atomic E-state index is 0.125. The van der Waals surface area contributed by atoms with Crippen LogP contribution in [-0.4, -0.2) is 53.3 Å². The van der Waals surface area contributed by atoms with Crippen LogP contribution in [0.4, 0.5) is 0 Å². The Kier molecular flexibility index (Phi) is 10.8. The maximum atomic E-state index is 14.1. The van der Waals surface area contributed by atoms with E-state index in [-0.39, 0.29) is 18.2 Å². The van der Waals surface area contributed by atoms with Gasteiger partial charge in [0.15, 0.2) is 0 Å². The van der Waals surface area contributed by atoms with Gasteiger partial charge < -0.3 is 15.0 Å². The Morgan fingerprint density at radius 3 is 2.31 bits per heavy atom. The van der Waals surface area contributed by atoms with Crippen LogP contribution in [0.1, 0.15) is 68.3 Å². The summed E-state index contributed by atoms with van der Waals surface area (Å²) >= 11 is 0. The van der Waals surface area contributed by atoms with Gasteiger partial charge in [-0.1, -0.05) is 66.7 Å². The van der Waals surface area contributed by atoms with Crippen LogP contribution in [-0.2, 0) is 22.6 Å². The standard InChI is InChI=1S/C36H43N3O3/c1-6-13-33(29-16-11-8-12-17-29)36(41)39-22-20-30-24-31(42-25-28-14-9-7-10-15-28)18-19-32(30)34(39)35(40)37-21-23-38(26(2)3)27(4)5/h1,7-12,14-19,24,26-27,33-34H,13,20-23,25H2,2-5H3,(H,37,40). The molecular weight excluding hydrogens is 522 g/mol. The van der Waals surface area contributed by atoms with E-state index in [4.69, 9.17) is 11.2 Å². The van der Waals surface area contributed by atoms with Gasteiger partial charge in [-0.3, -0.25) is 14.5 Å². The van der Waals surface area contributed by atoms with E-state index in [0.29, 0.717) is 38.2 Å². The third-order valence-electron chi connectivity index (χ3n) is 7.94. The van der Waals surface area contributed by atoms with Crippen LogP contribution in [0.5, 0.6) is 5.75 Å². The molecule has 0 spiro atoms. The number of carbonyl (C=O) groups excluding carboxylic acids is 2. The Labute approximate surface area is 251 Å². The molecule has 220 valence electrons. The van der Waals surface area contributed by atoms with E-state index in [0.717, 1.165) is 34.5 Å². The summed E-state index contributed by atoms with van der Waals surface area (Å²) in [7, 11) is 0. The number of rotatable bonds is 12. The van der Waals surface area contributed by atoms with E-state index in [1.807, 2.05) is 78.9 Å². The van der Waals surface area contributed by atoms with E-state index in [2.05, 4.69) is 43.8 Å². The lowest BCUT2D eigenvalue weighted by Gasteiger charge is -2.38. The zero-order chi connectivity index (χ0) is 30.1. The quantitative estimate of drug-likeness (QED) is 0.285. The van der Waals surface area contributed by atoms with Gasteiger partial charge >= 0.3 is 0 Å². The van der Waals surface area contributed by atoms with Gasteiger partial charge in [0.2, 0.25) is 11.8 Å². The van der Waals surface area contributed by atoms with Crippen molar-refractivity contribution in [1.29, 1.82) is 0 Å². The van der Waals surface area contributed by atoms with Crippen LogP contribution < -0.4 is 10.1 Å². The molecule has 4 rings (SSSR count). The third kappa shape index (κ3) is 7.60. The number of terminal acetylenes is 1. The number of carbonyl (C=O) groups is 2. The summed E-state index contributed by atoms with van der Waals surface area (Å²) in [6, 6.07) is 25.4.